The van der Waals surface area contributed by atoms with Crippen LogP contribution in [0.4, 0.5) is 11.4 Å². The molecule has 0 unspecified atom stereocenters. The van der Waals surface area contributed by atoms with E-state index in [0.29, 0.717) is 0 Å². The van der Waals surface area contributed by atoms with Crippen LogP contribution >= 0.6 is 0 Å². The Morgan fingerprint density at radius 3 is 2.73 bits per heavy atom. The van der Waals surface area contributed by atoms with E-state index in [9.17, 15) is 0 Å². The Labute approximate surface area is 91.6 Å². The monoisotopic (exact) mass is 208 g/mol. The molecule has 0 aliphatic carbocycles. The lowest BCUT2D eigenvalue weighted by Gasteiger charge is -2.15. The minimum Gasteiger partial charge on any atom is -0.399 e. The summed E-state index contributed by atoms with van der Waals surface area (Å²) in [5, 5.41) is 3.34. The summed E-state index contributed by atoms with van der Waals surface area (Å²) in [4.78, 5) is 0. The third-order valence-corrected chi connectivity index (χ3v) is 2.56. The highest BCUT2D eigenvalue weighted by Crippen LogP contribution is 2.25. The van der Waals surface area contributed by atoms with Crippen LogP contribution in [0.25, 0.3) is 0 Å². The highest BCUT2D eigenvalue weighted by Gasteiger charge is 2.07. The summed E-state index contributed by atoms with van der Waals surface area (Å²) in [6, 6.07) is 3.99. The third kappa shape index (κ3) is 2.86. The van der Waals surface area contributed by atoms with Crippen molar-refractivity contribution in [2.45, 2.75) is 20.3 Å². The molecule has 0 saturated heterocycles. The van der Waals surface area contributed by atoms with Crippen LogP contribution in [0.15, 0.2) is 12.1 Å². The second-order valence-electron chi connectivity index (χ2n) is 3.58. The maximum absolute atomic E-state index is 5.89. The molecular formula is C12H20N2O. The summed E-state index contributed by atoms with van der Waals surface area (Å²) in [5.74, 6) is 0. The van der Waals surface area contributed by atoms with Crippen molar-refractivity contribution in [1.82, 2.24) is 0 Å². The van der Waals surface area contributed by atoms with Gasteiger partial charge in [-0.3, -0.25) is 0 Å². The van der Waals surface area contributed by atoms with Crippen molar-refractivity contribution in [2.75, 3.05) is 31.3 Å². The first-order valence-electron chi connectivity index (χ1n) is 5.31. The van der Waals surface area contributed by atoms with Crippen molar-refractivity contribution in [3.05, 3.63) is 23.3 Å². The Bertz CT molecular complexity index is 324. The Morgan fingerprint density at radius 2 is 2.13 bits per heavy atom. The molecule has 3 nitrogen and oxygen atoms in total. The van der Waals surface area contributed by atoms with Gasteiger partial charge < -0.3 is 15.8 Å². The predicted molar refractivity (Wildman–Crippen MR) is 65.3 cm³/mol. The summed E-state index contributed by atoms with van der Waals surface area (Å²) in [6.07, 6.45) is 0.899. The molecule has 0 aliphatic heterocycles. The van der Waals surface area contributed by atoms with E-state index in [1.807, 2.05) is 12.1 Å². The van der Waals surface area contributed by atoms with Crippen molar-refractivity contribution in [3.63, 3.8) is 0 Å². The minimum absolute atomic E-state index is 0.725. The van der Waals surface area contributed by atoms with E-state index < -0.39 is 0 Å². The molecule has 0 amide bonds. The van der Waals surface area contributed by atoms with E-state index in [1.165, 1.54) is 11.3 Å². The van der Waals surface area contributed by atoms with Crippen LogP contribution in [0.2, 0.25) is 0 Å². The first-order chi connectivity index (χ1) is 7.20. The molecule has 0 heterocycles. The zero-order valence-electron chi connectivity index (χ0n) is 9.76. The number of rotatable bonds is 5. The molecule has 0 bridgehead atoms. The second kappa shape index (κ2) is 5.61. The molecule has 3 heteroatoms. The van der Waals surface area contributed by atoms with Crippen LogP contribution < -0.4 is 11.1 Å². The smallest absolute Gasteiger partial charge is 0.0503 e. The Morgan fingerprint density at radius 1 is 1.40 bits per heavy atom. The standard InChI is InChI=1S/C12H20N2O/c1-4-14-12-6-5-11(13)9(2)10(12)7-8-15-3/h5-6,14H,4,7-8,13H2,1-3H3. The van der Waals surface area contributed by atoms with Crippen LogP contribution in [-0.2, 0) is 11.2 Å². The van der Waals surface area contributed by atoms with E-state index in [2.05, 4.69) is 19.2 Å². The molecule has 0 aliphatic rings. The van der Waals surface area contributed by atoms with E-state index in [0.717, 1.165) is 30.8 Å². The summed E-state index contributed by atoms with van der Waals surface area (Å²) in [7, 11) is 1.72. The van der Waals surface area contributed by atoms with Gasteiger partial charge >= 0.3 is 0 Å². The Hall–Kier alpha value is -1.22. The van der Waals surface area contributed by atoms with E-state index in [4.69, 9.17) is 10.5 Å². The van der Waals surface area contributed by atoms with Gasteiger partial charge in [0.2, 0.25) is 0 Å². The molecule has 0 spiro atoms. The highest BCUT2D eigenvalue weighted by atomic mass is 16.5. The summed E-state index contributed by atoms with van der Waals surface area (Å²) in [5.41, 5.74) is 10.3. The number of hydrogen-bond acceptors (Lipinski definition) is 3. The van der Waals surface area contributed by atoms with Gasteiger partial charge in [0, 0.05) is 25.0 Å². The second-order valence-corrected chi connectivity index (χ2v) is 3.58. The van der Waals surface area contributed by atoms with Gasteiger partial charge in [-0.05, 0) is 43.5 Å². The first-order valence-corrected chi connectivity index (χ1v) is 5.31. The van der Waals surface area contributed by atoms with Crippen LogP contribution in [0.5, 0.6) is 0 Å². The molecule has 0 aromatic heterocycles. The molecule has 0 atom stereocenters. The number of nitrogens with one attached hydrogen (secondary N) is 1. The molecule has 0 saturated carbocycles. The third-order valence-electron chi connectivity index (χ3n) is 2.56. The average Bonchev–Trinajstić information content (AvgIpc) is 2.23. The number of nitrogen functional groups attached to an aromatic ring is 1. The number of hydrogen-bond donors (Lipinski definition) is 2. The van der Waals surface area contributed by atoms with Crippen LogP contribution in [0.1, 0.15) is 18.1 Å². The minimum atomic E-state index is 0.725. The van der Waals surface area contributed by atoms with Crippen molar-refractivity contribution >= 4 is 11.4 Å². The van der Waals surface area contributed by atoms with Crippen molar-refractivity contribution in [1.29, 1.82) is 0 Å². The topological polar surface area (TPSA) is 47.3 Å². The van der Waals surface area contributed by atoms with Crippen molar-refractivity contribution in [3.8, 4) is 0 Å². The van der Waals surface area contributed by atoms with Gasteiger partial charge in [-0.1, -0.05) is 0 Å². The number of benzene rings is 1. The fourth-order valence-electron chi connectivity index (χ4n) is 1.66. The molecule has 1 aromatic rings. The molecule has 3 N–H and O–H groups in total. The Kier molecular flexibility index (Phi) is 4.43. The van der Waals surface area contributed by atoms with Gasteiger partial charge in [-0.2, -0.15) is 0 Å². The van der Waals surface area contributed by atoms with Gasteiger partial charge in [0.05, 0.1) is 6.61 Å². The van der Waals surface area contributed by atoms with Crippen molar-refractivity contribution in [2.24, 2.45) is 0 Å². The van der Waals surface area contributed by atoms with E-state index in [1.54, 1.807) is 7.11 Å². The predicted octanol–water partition coefficient (Wildman–Crippen LogP) is 2.20. The van der Waals surface area contributed by atoms with E-state index in [-0.39, 0.29) is 0 Å². The number of methoxy groups -OCH3 is 1. The molecule has 0 radical (unpaired) electrons. The molecule has 0 fully saturated rings. The SMILES string of the molecule is CCNc1ccc(N)c(C)c1CCOC. The van der Waals surface area contributed by atoms with Gasteiger partial charge in [0.25, 0.3) is 0 Å². The molecule has 84 valence electrons. The van der Waals surface area contributed by atoms with Crippen molar-refractivity contribution < 1.29 is 4.74 Å². The maximum Gasteiger partial charge on any atom is 0.0503 e. The summed E-state index contributed by atoms with van der Waals surface area (Å²) >= 11 is 0. The van der Waals surface area contributed by atoms with Gasteiger partial charge in [0.15, 0.2) is 0 Å². The first kappa shape index (κ1) is 11.9. The molecular weight excluding hydrogens is 188 g/mol. The average molecular weight is 208 g/mol. The van der Waals surface area contributed by atoms with Crippen LogP contribution in [-0.4, -0.2) is 20.3 Å². The lowest BCUT2D eigenvalue weighted by Crippen LogP contribution is -2.07. The van der Waals surface area contributed by atoms with E-state index >= 15 is 0 Å². The van der Waals surface area contributed by atoms with Crippen LogP contribution in [0, 0.1) is 6.92 Å². The fourth-order valence-corrected chi connectivity index (χ4v) is 1.66. The van der Waals surface area contributed by atoms with Gasteiger partial charge in [-0.15, -0.1) is 0 Å². The fraction of sp³-hybridized carbons (Fsp3) is 0.500. The quantitative estimate of drug-likeness (QED) is 0.729. The maximum atomic E-state index is 5.89. The molecule has 15 heavy (non-hydrogen) atoms. The summed E-state index contributed by atoms with van der Waals surface area (Å²) < 4.78 is 5.11. The molecule has 1 aromatic carbocycles. The zero-order valence-corrected chi connectivity index (χ0v) is 9.76. The largest absolute Gasteiger partial charge is 0.399 e. The lowest BCUT2D eigenvalue weighted by molar-refractivity contribution is 0.202. The number of anilines is 2. The highest BCUT2D eigenvalue weighted by molar-refractivity contribution is 5.63. The van der Waals surface area contributed by atoms with Gasteiger partial charge in [-0.25, -0.2) is 0 Å². The normalized spacial score (nSPS) is 10.3. The lowest BCUT2D eigenvalue weighted by atomic mass is 10.0. The number of ether oxygens (including phenoxy) is 1. The summed E-state index contributed by atoms with van der Waals surface area (Å²) in [6.45, 7) is 5.79. The number of nitrogens with two attached hydrogens (primary N) is 1. The molecule has 1 rings (SSSR count). The van der Waals surface area contributed by atoms with Gasteiger partial charge in [0.1, 0.15) is 0 Å². The Balaban J connectivity index is 2.99. The zero-order chi connectivity index (χ0) is 11.3. The van der Waals surface area contributed by atoms with Crippen LogP contribution in [0.3, 0.4) is 0 Å².